The molecule has 0 aromatic carbocycles. The van der Waals surface area contributed by atoms with Crippen molar-refractivity contribution in [2.45, 2.75) is 45.4 Å². The van der Waals surface area contributed by atoms with Gasteiger partial charge in [0.05, 0.1) is 13.2 Å². The van der Waals surface area contributed by atoms with Gasteiger partial charge in [0.25, 0.3) is 0 Å². The molecule has 0 saturated carbocycles. The van der Waals surface area contributed by atoms with Crippen LogP contribution in [0.5, 0.6) is 0 Å². The van der Waals surface area contributed by atoms with Crippen LogP contribution >= 0.6 is 0 Å². The average Bonchev–Trinajstić information content (AvgIpc) is 2.41. The summed E-state index contributed by atoms with van der Waals surface area (Å²) in [5.74, 6) is -0.269. The predicted molar refractivity (Wildman–Crippen MR) is 82.8 cm³/mol. The molecular formula is C16H31NO3. The minimum absolute atomic E-state index is 0.269. The lowest BCUT2D eigenvalue weighted by Gasteiger charge is -2.09. The summed E-state index contributed by atoms with van der Waals surface area (Å²) in [5, 5.41) is 0. The third kappa shape index (κ3) is 15.2. The van der Waals surface area contributed by atoms with Crippen LogP contribution in [-0.2, 0) is 14.3 Å². The third-order valence-corrected chi connectivity index (χ3v) is 2.88. The molecule has 0 fully saturated rings. The first-order valence-electron chi connectivity index (χ1n) is 7.72. The van der Waals surface area contributed by atoms with Gasteiger partial charge in [-0.05, 0) is 26.9 Å². The molecule has 0 radical (unpaired) electrons. The van der Waals surface area contributed by atoms with Crippen molar-refractivity contribution in [1.82, 2.24) is 4.90 Å². The number of nitrogens with zero attached hydrogens (tertiary/aromatic N) is 1. The zero-order valence-corrected chi connectivity index (χ0v) is 13.4. The van der Waals surface area contributed by atoms with Crippen molar-refractivity contribution in [3.63, 3.8) is 0 Å². The number of hydrogen-bond donors (Lipinski definition) is 0. The van der Waals surface area contributed by atoms with Gasteiger partial charge in [-0.25, -0.2) is 4.79 Å². The SMILES string of the molecule is CCCCCCCC=CC(=O)OCCOCCN(C)C. The number of allylic oxidation sites excluding steroid dienone is 1. The molecule has 0 unspecified atom stereocenters. The molecule has 0 aromatic heterocycles. The second kappa shape index (κ2) is 14.5. The Morgan fingerprint density at radius 2 is 1.80 bits per heavy atom. The second-order valence-electron chi connectivity index (χ2n) is 5.19. The topological polar surface area (TPSA) is 38.8 Å². The van der Waals surface area contributed by atoms with Gasteiger partial charge in [0.2, 0.25) is 0 Å². The van der Waals surface area contributed by atoms with Gasteiger partial charge in [0, 0.05) is 12.6 Å². The Morgan fingerprint density at radius 3 is 2.50 bits per heavy atom. The number of hydrogen-bond acceptors (Lipinski definition) is 4. The number of rotatable bonds is 13. The van der Waals surface area contributed by atoms with Crippen molar-refractivity contribution in [3.8, 4) is 0 Å². The maximum atomic E-state index is 11.3. The maximum Gasteiger partial charge on any atom is 0.330 e. The van der Waals surface area contributed by atoms with Crippen LogP contribution in [0.15, 0.2) is 12.2 Å². The van der Waals surface area contributed by atoms with E-state index in [1.54, 1.807) is 0 Å². The van der Waals surface area contributed by atoms with Crippen LogP contribution in [0.3, 0.4) is 0 Å². The predicted octanol–water partition coefficient (Wildman–Crippen LogP) is 3.02. The van der Waals surface area contributed by atoms with Crippen LogP contribution < -0.4 is 0 Å². The monoisotopic (exact) mass is 285 g/mol. The fourth-order valence-corrected chi connectivity index (χ4v) is 1.64. The van der Waals surface area contributed by atoms with E-state index in [1.807, 2.05) is 20.2 Å². The van der Waals surface area contributed by atoms with Crippen LogP contribution in [0.1, 0.15) is 45.4 Å². The lowest BCUT2D eigenvalue weighted by molar-refractivity contribution is -0.139. The summed E-state index contributed by atoms with van der Waals surface area (Å²) in [5.41, 5.74) is 0. The minimum atomic E-state index is -0.269. The van der Waals surface area contributed by atoms with Crippen molar-refractivity contribution < 1.29 is 14.3 Å². The van der Waals surface area contributed by atoms with Gasteiger partial charge in [-0.1, -0.05) is 38.7 Å². The fourth-order valence-electron chi connectivity index (χ4n) is 1.64. The van der Waals surface area contributed by atoms with Gasteiger partial charge in [-0.2, -0.15) is 0 Å². The Morgan fingerprint density at radius 1 is 1.05 bits per heavy atom. The molecule has 0 aliphatic heterocycles. The Balaban J connectivity index is 3.31. The maximum absolute atomic E-state index is 11.3. The molecular weight excluding hydrogens is 254 g/mol. The number of ether oxygens (including phenoxy) is 2. The zero-order chi connectivity index (χ0) is 15.1. The fraction of sp³-hybridized carbons (Fsp3) is 0.812. The molecule has 0 aliphatic carbocycles. The second-order valence-corrected chi connectivity index (χ2v) is 5.19. The highest BCUT2D eigenvalue weighted by molar-refractivity contribution is 5.81. The number of esters is 1. The number of carbonyl (C=O) groups excluding carboxylic acids is 1. The summed E-state index contributed by atoms with van der Waals surface area (Å²) < 4.78 is 10.4. The van der Waals surface area contributed by atoms with Gasteiger partial charge in [0.1, 0.15) is 6.61 Å². The van der Waals surface area contributed by atoms with E-state index >= 15 is 0 Å². The first-order chi connectivity index (χ1) is 9.66. The average molecular weight is 285 g/mol. The molecule has 0 N–H and O–H groups in total. The van der Waals surface area contributed by atoms with Crippen molar-refractivity contribution in [2.24, 2.45) is 0 Å². The zero-order valence-electron chi connectivity index (χ0n) is 13.4. The van der Waals surface area contributed by atoms with Crippen molar-refractivity contribution in [3.05, 3.63) is 12.2 Å². The first-order valence-corrected chi connectivity index (χ1v) is 7.72. The van der Waals surface area contributed by atoms with Crippen LogP contribution in [0, 0.1) is 0 Å². The van der Waals surface area contributed by atoms with Crippen molar-refractivity contribution >= 4 is 5.97 Å². The number of likely N-dealkylation sites (N-methyl/N-ethyl adjacent to an activating group) is 1. The van der Waals surface area contributed by atoms with E-state index in [1.165, 1.54) is 31.8 Å². The van der Waals surface area contributed by atoms with Crippen LogP contribution in [0.25, 0.3) is 0 Å². The van der Waals surface area contributed by atoms with Crippen LogP contribution in [0.4, 0.5) is 0 Å². The minimum Gasteiger partial charge on any atom is -0.460 e. The largest absolute Gasteiger partial charge is 0.460 e. The first kappa shape index (κ1) is 19.1. The quantitative estimate of drug-likeness (QED) is 0.296. The van der Waals surface area contributed by atoms with Gasteiger partial charge >= 0.3 is 5.97 Å². The van der Waals surface area contributed by atoms with Gasteiger partial charge < -0.3 is 14.4 Å². The normalized spacial score (nSPS) is 11.4. The van der Waals surface area contributed by atoms with Gasteiger partial charge in [0.15, 0.2) is 0 Å². The van der Waals surface area contributed by atoms with Crippen LogP contribution in [0.2, 0.25) is 0 Å². The van der Waals surface area contributed by atoms with E-state index in [0.29, 0.717) is 19.8 Å². The number of carbonyl (C=O) groups is 1. The molecule has 0 atom stereocenters. The molecule has 0 aromatic rings. The standard InChI is InChI=1S/C16H31NO3/c1-4-5-6-7-8-9-10-11-16(18)20-15-14-19-13-12-17(2)3/h10-11H,4-9,12-15H2,1-3H3. The molecule has 0 rings (SSSR count). The molecule has 118 valence electrons. The van der Waals surface area contributed by atoms with Crippen LogP contribution in [-0.4, -0.2) is 51.3 Å². The lowest BCUT2D eigenvalue weighted by atomic mass is 10.1. The highest BCUT2D eigenvalue weighted by atomic mass is 16.6. The Kier molecular flexibility index (Phi) is 13.9. The Hall–Kier alpha value is -0.870. The summed E-state index contributed by atoms with van der Waals surface area (Å²) in [6.07, 6.45) is 10.6. The molecule has 20 heavy (non-hydrogen) atoms. The highest BCUT2D eigenvalue weighted by Crippen LogP contribution is 2.05. The van der Waals surface area contributed by atoms with E-state index in [9.17, 15) is 4.79 Å². The molecule has 0 amide bonds. The molecule has 0 aliphatic rings. The summed E-state index contributed by atoms with van der Waals surface area (Å²) in [6, 6.07) is 0. The lowest BCUT2D eigenvalue weighted by Crippen LogP contribution is -2.19. The van der Waals surface area contributed by atoms with E-state index in [-0.39, 0.29) is 5.97 Å². The summed E-state index contributed by atoms with van der Waals surface area (Å²) >= 11 is 0. The third-order valence-electron chi connectivity index (χ3n) is 2.88. The Bertz CT molecular complexity index is 252. The van der Waals surface area contributed by atoms with E-state index in [2.05, 4.69) is 11.8 Å². The Labute approximate surface area is 124 Å². The smallest absolute Gasteiger partial charge is 0.330 e. The summed E-state index contributed by atoms with van der Waals surface area (Å²) in [6.45, 7) is 4.54. The van der Waals surface area contributed by atoms with Gasteiger partial charge in [-0.15, -0.1) is 0 Å². The highest BCUT2D eigenvalue weighted by Gasteiger charge is 1.97. The van der Waals surface area contributed by atoms with E-state index < -0.39 is 0 Å². The molecule has 0 spiro atoms. The van der Waals surface area contributed by atoms with Crippen molar-refractivity contribution in [2.75, 3.05) is 40.5 Å². The molecule has 4 heteroatoms. The van der Waals surface area contributed by atoms with E-state index in [4.69, 9.17) is 9.47 Å². The molecule has 0 saturated heterocycles. The summed E-state index contributed by atoms with van der Waals surface area (Å²) in [4.78, 5) is 13.4. The summed E-state index contributed by atoms with van der Waals surface area (Å²) in [7, 11) is 3.99. The van der Waals surface area contributed by atoms with Crippen molar-refractivity contribution in [1.29, 1.82) is 0 Å². The number of unbranched alkanes of at least 4 members (excludes halogenated alkanes) is 5. The molecule has 0 bridgehead atoms. The molecule has 4 nitrogen and oxygen atoms in total. The van der Waals surface area contributed by atoms with Gasteiger partial charge in [-0.3, -0.25) is 0 Å². The van der Waals surface area contributed by atoms with E-state index in [0.717, 1.165) is 19.4 Å². The molecule has 0 heterocycles.